The molecular formula is C45H25N3O3. The summed E-state index contributed by atoms with van der Waals surface area (Å²) in [5.41, 5.74) is 9.76. The van der Waals surface area contributed by atoms with Gasteiger partial charge in [-0.05, 0) is 53.6 Å². The minimum absolute atomic E-state index is 0.594. The van der Waals surface area contributed by atoms with E-state index in [-0.39, 0.29) is 0 Å². The molecule has 0 spiro atoms. The van der Waals surface area contributed by atoms with Crippen LogP contribution < -0.4 is 0 Å². The van der Waals surface area contributed by atoms with Crippen LogP contribution in [0.4, 0.5) is 0 Å². The molecule has 0 saturated heterocycles. The van der Waals surface area contributed by atoms with Crippen LogP contribution in [-0.4, -0.2) is 15.0 Å². The van der Waals surface area contributed by atoms with Crippen LogP contribution in [0, 0.1) is 0 Å². The van der Waals surface area contributed by atoms with Gasteiger partial charge in [-0.3, -0.25) is 0 Å². The molecule has 0 saturated carbocycles. The van der Waals surface area contributed by atoms with E-state index >= 15 is 0 Å². The Morgan fingerprint density at radius 1 is 0.294 bits per heavy atom. The zero-order chi connectivity index (χ0) is 33.5. The number of rotatable bonds is 4. The first-order valence-corrected chi connectivity index (χ1v) is 16.8. The molecule has 238 valence electrons. The first kappa shape index (κ1) is 27.9. The smallest absolute Gasteiger partial charge is 0.164 e. The number of aromatic nitrogens is 3. The third-order valence-corrected chi connectivity index (χ3v) is 9.74. The summed E-state index contributed by atoms with van der Waals surface area (Å²) in [5, 5.41) is 6.25. The second-order valence-electron chi connectivity index (χ2n) is 12.8. The summed E-state index contributed by atoms with van der Waals surface area (Å²) in [6.07, 6.45) is 0. The molecule has 0 atom stereocenters. The lowest BCUT2D eigenvalue weighted by Gasteiger charge is -2.09. The highest BCUT2D eigenvalue weighted by Crippen LogP contribution is 2.41. The van der Waals surface area contributed by atoms with Crippen molar-refractivity contribution in [3.05, 3.63) is 152 Å². The van der Waals surface area contributed by atoms with Gasteiger partial charge in [-0.15, -0.1) is 0 Å². The van der Waals surface area contributed by atoms with Gasteiger partial charge in [0.1, 0.15) is 33.5 Å². The fourth-order valence-electron chi connectivity index (χ4n) is 7.30. The second-order valence-corrected chi connectivity index (χ2v) is 12.8. The molecule has 0 N–H and O–H groups in total. The number of hydrogen-bond acceptors (Lipinski definition) is 6. The monoisotopic (exact) mass is 655 g/mol. The zero-order valence-corrected chi connectivity index (χ0v) is 27.0. The molecule has 0 bridgehead atoms. The summed E-state index contributed by atoms with van der Waals surface area (Å²) < 4.78 is 18.9. The Morgan fingerprint density at radius 3 is 1.61 bits per heavy atom. The van der Waals surface area contributed by atoms with Crippen LogP contribution in [0.15, 0.2) is 165 Å². The normalized spacial score (nSPS) is 11.9. The van der Waals surface area contributed by atoms with Gasteiger partial charge in [0.15, 0.2) is 17.5 Å². The lowest BCUT2D eigenvalue weighted by molar-refractivity contribution is 0.656. The maximum atomic E-state index is 6.53. The summed E-state index contributed by atoms with van der Waals surface area (Å²) in [6, 6.07) is 51.2. The Balaban J connectivity index is 1.05. The summed E-state index contributed by atoms with van der Waals surface area (Å²) in [7, 11) is 0. The maximum Gasteiger partial charge on any atom is 0.164 e. The van der Waals surface area contributed by atoms with Gasteiger partial charge in [-0.25, -0.2) is 15.0 Å². The fraction of sp³-hybridized carbons (Fsp3) is 0. The van der Waals surface area contributed by atoms with Crippen molar-refractivity contribution in [3.63, 3.8) is 0 Å². The molecule has 0 fully saturated rings. The standard InChI is InChI=1S/C45H25N3O3/c1-3-10-26(11-4-1)43-46-44(27-12-5-2-6-13-27)48-45(47-43)32-15-9-17-38-42(32)31-20-18-29(23-39(31)51-38)28-19-21-37-33(22-28)35-24-34-30-14-7-8-16-36(30)49-40(34)25-41(35)50-37/h1-25H. The average molecular weight is 656 g/mol. The number of hydrogen-bond donors (Lipinski definition) is 0. The molecule has 0 aliphatic carbocycles. The molecular weight excluding hydrogens is 631 g/mol. The molecule has 51 heavy (non-hydrogen) atoms. The third-order valence-electron chi connectivity index (χ3n) is 9.74. The van der Waals surface area contributed by atoms with Crippen molar-refractivity contribution in [2.24, 2.45) is 0 Å². The molecule has 0 aliphatic rings. The SMILES string of the molecule is c1ccc(-c2nc(-c3ccccc3)nc(-c3cccc4oc5cc(-c6ccc7oc8cc9oc%10ccccc%10c9cc8c7c6)ccc5c34)n2)cc1. The van der Waals surface area contributed by atoms with Gasteiger partial charge in [0.2, 0.25) is 0 Å². The Kier molecular flexibility index (Phi) is 5.86. The molecule has 4 aromatic heterocycles. The number of fused-ring (bicyclic) bond motifs is 9. The summed E-state index contributed by atoms with van der Waals surface area (Å²) in [4.78, 5) is 14.9. The topological polar surface area (TPSA) is 78.1 Å². The molecule has 11 aromatic rings. The van der Waals surface area contributed by atoms with Gasteiger partial charge >= 0.3 is 0 Å². The van der Waals surface area contributed by atoms with E-state index in [9.17, 15) is 0 Å². The minimum atomic E-state index is 0.594. The van der Waals surface area contributed by atoms with E-state index in [4.69, 9.17) is 28.2 Å². The van der Waals surface area contributed by atoms with Crippen LogP contribution in [0.2, 0.25) is 0 Å². The molecule has 11 rings (SSSR count). The van der Waals surface area contributed by atoms with Crippen molar-refractivity contribution in [1.82, 2.24) is 15.0 Å². The lowest BCUT2D eigenvalue weighted by Crippen LogP contribution is -2.00. The van der Waals surface area contributed by atoms with Crippen molar-refractivity contribution in [3.8, 4) is 45.3 Å². The Labute approximate surface area is 290 Å². The van der Waals surface area contributed by atoms with Gasteiger partial charge < -0.3 is 13.3 Å². The maximum absolute atomic E-state index is 6.53. The molecule has 4 heterocycles. The van der Waals surface area contributed by atoms with Gasteiger partial charge in [0.05, 0.1) is 0 Å². The van der Waals surface area contributed by atoms with Crippen LogP contribution >= 0.6 is 0 Å². The number of nitrogens with zero attached hydrogens (tertiary/aromatic N) is 3. The van der Waals surface area contributed by atoms with Crippen molar-refractivity contribution < 1.29 is 13.3 Å². The van der Waals surface area contributed by atoms with E-state index < -0.39 is 0 Å². The number of furan rings is 3. The van der Waals surface area contributed by atoms with E-state index in [0.29, 0.717) is 17.5 Å². The highest BCUT2D eigenvalue weighted by Gasteiger charge is 2.19. The molecule has 0 radical (unpaired) electrons. The van der Waals surface area contributed by atoms with E-state index in [1.807, 2.05) is 103 Å². The van der Waals surface area contributed by atoms with Crippen LogP contribution in [0.1, 0.15) is 0 Å². The van der Waals surface area contributed by atoms with E-state index in [1.54, 1.807) is 0 Å². The van der Waals surface area contributed by atoms with Gasteiger partial charge in [-0.2, -0.15) is 0 Å². The minimum Gasteiger partial charge on any atom is -0.456 e. The molecule has 0 unspecified atom stereocenters. The average Bonchev–Trinajstić information content (AvgIpc) is 3.87. The number of benzene rings is 7. The predicted octanol–water partition coefficient (Wildman–Crippen LogP) is 12.2. The first-order valence-electron chi connectivity index (χ1n) is 16.8. The third kappa shape index (κ3) is 4.40. The first-order chi connectivity index (χ1) is 25.2. The Morgan fingerprint density at radius 2 is 0.843 bits per heavy atom. The fourth-order valence-corrected chi connectivity index (χ4v) is 7.30. The molecule has 7 aromatic carbocycles. The highest BCUT2D eigenvalue weighted by atomic mass is 16.3. The Hall–Kier alpha value is -7.05. The van der Waals surface area contributed by atoms with Crippen LogP contribution in [-0.2, 0) is 0 Å². The summed E-state index contributed by atoms with van der Waals surface area (Å²) >= 11 is 0. The van der Waals surface area contributed by atoms with Crippen LogP contribution in [0.25, 0.3) is 111 Å². The lowest BCUT2D eigenvalue weighted by atomic mass is 9.99. The largest absolute Gasteiger partial charge is 0.456 e. The highest BCUT2D eigenvalue weighted by molar-refractivity contribution is 6.16. The van der Waals surface area contributed by atoms with E-state index in [2.05, 4.69) is 48.5 Å². The van der Waals surface area contributed by atoms with E-state index in [1.165, 1.54) is 0 Å². The van der Waals surface area contributed by atoms with Crippen molar-refractivity contribution in [2.45, 2.75) is 0 Å². The molecule has 6 heteroatoms. The van der Waals surface area contributed by atoms with Gasteiger partial charge in [0, 0.05) is 55.1 Å². The second kappa shape index (κ2) is 10.7. The summed E-state index contributed by atoms with van der Waals surface area (Å²) in [5.74, 6) is 1.84. The van der Waals surface area contributed by atoms with Crippen LogP contribution in [0.3, 0.4) is 0 Å². The molecule has 0 aliphatic heterocycles. The quantitative estimate of drug-likeness (QED) is 0.188. The van der Waals surface area contributed by atoms with Gasteiger partial charge in [-0.1, -0.05) is 103 Å². The van der Waals surface area contributed by atoms with E-state index in [0.717, 1.165) is 93.6 Å². The van der Waals surface area contributed by atoms with Crippen molar-refractivity contribution >= 4 is 65.8 Å². The van der Waals surface area contributed by atoms with Crippen LogP contribution in [0.5, 0.6) is 0 Å². The van der Waals surface area contributed by atoms with Crippen molar-refractivity contribution in [2.75, 3.05) is 0 Å². The molecule has 0 amide bonds. The number of para-hydroxylation sites is 1. The van der Waals surface area contributed by atoms with Gasteiger partial charge in [0.25, 0.3) is 0 Å². The van der Waals surface area contributed by atoms with Crippen molar-refractivity contribution in [1.29, 1.82) is 0 Å². The molecule has 6 nitrogen and oxygen atoms in total. The Bertz CT molecular complexity index is 3080. The zero-order valence-electron chi connectivity index (χ0n) is 27.0. The predicted molar refractivity (Wildman–Crippen MR) is 203 cm³/mol. The summed E-state index contributed by atoms with van der Waals surface area (Å²) in [6.45, 7) is 0.